The molecule has 0 bridgehead atoms. The number of hydrogen-bond donors (Lipinski definition) is 1. The first-order valence-corrected chi connectivity index (χ1v) is 11.0. The van der Waals surface area contributed by atoms with Gasteiger partial charge in [0.2, 0.25) is 16.0 Å². The molecule has 0 unspecified atom stereocenters. The van der Waals surface area contributed by atoms with Gasteiger partial charge in [-0.15, -0.1) is 0 Å². The van der Waals surface area contributed by atoms with E-state index in [1.54, 1.807) is 16.8 Å². The fourth-order valence-electron chi connectivity index (χ4n) is 4.21. The normalized spacial score (nSPS) is 28.3. The van der Waals surface area contributed by atoms with Gasteiger partial charge in [-0.25, -0.2) is 17.7 Å². The molecule has 9 heteroatoms. The summed E-state index contributed by atoms with van der Waals surface area (Å²) < 4.78 is 57.4. The van der Waals surface area contributed by atoms with Crippen LogP contribution in [-0.2, 0) is 10.0 Å². The summed E-state index contributed by atoms with van der Waals surface area (Å²) >= 11 is 0. The van der Waals surface area contributed by atoms with Gasteiger partial charge in [-0.2, -0.15) is 4.98 Å². The molecule has 8 nitrogen and oxygen atoms in total. The number of rotatable bonds is 4. The van der Waals surface area contributed by atoms with Crippen molar-refractivity contribution < 1.29 is 13.9 Å². The van der Waals surface area contributed by atoms with Crippen molar-refractivity contribution in [2.24, 2.45) is 5.92 Å². The van der Waals surface area contributed by atoms with Crippen LogP contribution in [0.1, 0.15) is 50.6 Å². The average Bonchev–Trinajstić information content (AvgIpc) is 3.12. The number of anilines is 1. The minimum absolute atomic E-state index is 0.0623. The molecule has 2 aromatic rings. The summed E-state index contributed by atoms with van der Waals surface area (Å²) in [5.41, 5.74) is 0.393. The van der Waals surface area contributed by atoms with Crippen molar-refractivity contribution in [1.82, 2.24) is 18.8 Å². The van der Waals surface area contributed by atoms with Gasteiger partial charge in [0.25, 0.3) is 5.56 Å². The SMILES string of the molecule is [2H]C1(Nc2ncc3ccc(=O)n([C@@H]4CCC[C@@H]4C)c3n2)CCN(S(=O)(=O)C([2H])([2H])[2H])CC1. The molecule has 2 fully saturated rings. The first kappa shape index (κ1) is 14.9. The van der Waals surface area contributed by atoms with E-state index in [1.165, 1.54) is 6.07 Å². The second-order valence-corrected chi connectivity index (χ2v) is 9.09. The molecule has 1 N–H and O–H groups in total. The van der Waals surface area contributed by atoms with E-state index in [0.717, 1.165) is 29.0 Å². The maximum Gasteiger partial charge on any atom is 0.252 e. The maximum atomic E-state index is 12.7. The summed E-state index contributed by atoms with van der Waals surface area (Å²) in [4.78, 5) is 21.5. The summed E-state index contributed by atoms with van der Waals surface area (Å²) in [7, 11) is -4.42. The molecule has 0 aromatic carbocycles. The Morgan fingerprint density at radius 3 is 2.71 bits per heavy atom. The first-order valence-electron chi connectivity index (χ1n) is 11.6. The molecule has 0 radical (unpaired) electrons. The second kappa shape index (κ2) is 7.44. The zero-order valence-corrected chi connectivity index (χ0v) is 16.6. The molecule has 2 atom stereocenters. The monoisotopic (exact) mass is 409 g/mol. The molecule has 3 heterocycles. The van der Waals surface area contributed by atoms with Crippen molar-refractivity contribution in [3.05, 3.63) is 28.7 Å². The predicted molar refractivity (Wildman–Crippen MR) is 109 cm³/mol. The Morgan fingerprint density at radius 1 is 1.25 bits per heavy atom. The quantitative estimate of drug-likeness (QED) is 0.829. The van der Waals surface area contributed by atoms with Crippen molar-refractivity contribution in [3.63, 3.8) is 0 Å². The second-order valence-electron chi connectivity index (χ2n) is 7.62. The molecule has 28 heavy (non-hydrogen) atoms. The zero-order chi connectivity index (χ0) is 23.3. The number of sulfonamides is 1. The van der Waals surface area contributed by atoms with Gasteiger partial charge in [0, 0.05) is 46.9 Å². The molecule has 1 saturated carbocycles. The highest BCUT2D eigenvalue weighted by molar-refractivity contribution is 7.88. The van der Waals surface area contributed by atoms with Crippen LogP contribution in [0.2, 0.25) is 0 Å². The minimum Gasteiger partial charge on any atom is -0.351 e. The Bertz CT molecular complexity index is 1180. The molecule has 152 valence electrons. The molecule has 0 spiro atoms. The van der Waals surface area contributed by atoms with Crippen molar-refractivity contribution in [2.45, 2.75) is 51.1 Å². The van der Waals surface area contributed by atoms with Crippen molar-refractivity contribution >= 4 is 27.0 Å². The smallest absolute Gasteiger partial charge is 0.252 e. The Balaban J connectivity index is 1.58. The summed E-state index contributed by atoms with van der Waals surface area (Å²) in [6.45, 7) is 1.95. The zero-order valence-electron chi connectivity index (χ0n) is 19.8. The van der Waals surface area contributed by atoms with Gasteiger partial charge in [-0.3, -0.25) is 9.36 Å². The third-order valence-electron chi connectivity index (χ3n) is 5.77. The van der Waals surface area contributed by atoms with Gasteiger partial charge < -0.3 is 5.32 Å². The molecule has 4 rings (SSSR count). The Labute approximate surface area is 170 Å². The van der Waals surface area contributed by atoms with E-state index >= 15 is 0 Å². The highest BCUT2D eigenvalue weighted by Crippen LogP contribution is 2.35. The van der Waals surface area contributed by atoms with Crippen LogP contribution >= 0.6 is 0 Å². The van der Waals surface area contributed by atoms with Crippen LogP contribution in [0.3, 0.4) is 0 Å². The maximum absolute atomic E-state index is 12.7. The van der Waals surface area contributed by atoms with Gasteiger partial charge in [-0.1, -0.05) is 13.3 Å². The van der Waals surface area contributed by atoms with Gasteiger partial charge in [-0.05, 0) is 37.7 Å². The van der Waals surface area contributed by atoms with Crippen LogP contribution in [-0.4, -0.2) is 52.5 Å². The Morgan fingerprint density at radius 2 is 2.04 bits per heavy atom. The third kappa shape index (κ3) is 3.77. The largest absolute Gasteiger partial charge is 0.351 e. The fraction of sp³-hybridized carbons (Fsp3) is 0.632. The van der Waals surface area contributed by atoms with Gasteiger partial charge in [0.05, 0.1) is 7.55 Å². The van der Waals surface area contributed by atoms with E-state index < -0.39 is 22.2 Å². The van der Waals surface area contributed by atoms with Crippen molar-refractivity contribution in [2.75, 3.05) is 24.6 Å². The molecule has 2 aliphatic rings. The lowest BCUT2D eigenvalue weighted by Gasteiger charge is -2.30. The third-order valence-corrected chi connectivity index (χ3v) is 6.81. The molecular formula is C19H27N5O3S. The number of nitrogens with zero attached hydrogens (tertiary/aromatic N) is 4. The lowest BCUT2D eigenvalue weighted by molar-refractivity contribution is 0.331. The number of aromatic nitrogens is 3. The highest BCUT2D eigenvalue weighted by atomic mass is 32.2. The number of piperidine rings is 1. The summed E-state index contributed by atoms with van der Waals surface area (Å²) in [5, 5.41) is 3.70. The standard InChI is InChI=1S/C19H27N5O3S/c1-13-4-3-5-16(13)24-17(25)7-6-14-12-20-19(22-18(14)24)21-15-8-10-23(11-9-15)28(2,26)27/h6-7,12-13,15-16H,3-5,8-11H2,1-2H3,(H,20,21,22)/t13-,16+/m0/s1/i2D3,15D. The van der Waals surface area contributed by atoms with Crippen LogP contribution in [0.15, 0.2) is 23.1 Å². The average molecular weight is 410 g/mol. The van der Waals surface area contributed by atoms with E-state index in [4.69, 9.17) is 5.48 Å². The summed E-state index contributed by atoms with van der Waals surface area (Å²) in [6, 6.07) is 2.02. The predicted octanol–water partition coefficient (Wildman–Crippen LogP) is 1.99. The number of fused-ring (bicyclic) bond motifs is 1. The van der Waals surface area contributed by atoms with Crippen LogP contribution < -0.4 is 10.9 Å². The van der Waals surface area contributed by atoms with Crippen LogP contribution in [0, 0.1) is 5.92 Å². The minimum atomic E-state index is -4.42. The highest BCUT2D eigenvalue weighted by Gasteiger charge is 2.28. The van der Waals surface area contributed by atoms with Crippen LogP contribution in [0.5, 0.6) is 0 Å². The van der Waals surface area contributed by atoms with Gasteiger partial charge in [0.1, 0.15) is 5.65 Å². The molecule has 2 aromatic heterocycles. The van der Waals surface area contributed by atoms with Gasteiger partial charge in [0.15, 0.2) is 0 Å². The van der Waals surface area contributed by atoms with E-state index in [1.807, 2.05) is 0 Å². The van der Waals surface area contributed by atoms with Crippen LogP contribution in [0.25, 0.3) is 11.0 Å². The van der Waals surface area contributed by atoms with E-state index in [2.05, 4.69) is 22.2 Å². The summed E-state index contributed by atoms with van der Waals surface area (Å²) in [6.07, 6.45) is 1.65. The summed E-state index contributed by atoms with van der Waals surface area (Å²) in [5.74, 6) is 0.543. The van der Waals surface area contributed by atoms with E-state index in [-0.39, 0.29) is 43.5 Å². The molecule has 1 aliphatic heterocycles. The Hall–Kier alpha value is -2.00. The molecule has 1 saturated heterocycles. The topological polar surface area (TPSA) is 97.2 Å². The lowest BCUT2D eigenvalue weighted by Crippen LogP contribution is -2.42. The lowest BCUT2D eigenvalue weighted by atomic mass is 10.1. The first-order chi connectivity index (χ1) is 14.9. The van der Waals surface area contributed by atoms with E-state index in [9.17, 15) is 13.2 Å². The molecule has 0 amide bonds. The molecular weight excluding hydrogens is 378 g/mol. The van der Waals surface area contributed by atoms with Crippen molar-refractivity contribution in [3.8, 4) is 0 Å². The van der Waals surface area contributed by atoms with Crippen molar-refractivity contribution in [1.29, 1.82) is 0 Å². The molecule has 1 aliphatic carbocycles. The number of nitrogens with one attached hydrogen (secondary N) is 1. The number of pyridine rings is 1. The van der Waals surface area contributed by atoms with Crippen LogP contribution in [0.4, 0.5) is 5.95 Å². The number of hydrogen-bond acceptors (Lipinski definition) is 6. The Kier molecular flexibility index (Phi) is 3.96. The van der Waals surface area contributed by atoms with E-state index in [0.29, 0.717) is 11.6 Å². The van der Waals surface area contributed by atoms with Gasteiger partial charge >= 0.3 is 0 Å². The fourth-order valence-corrected chi connectivity index (χ4v) is 4.87.